The molecule has 23 heavy (non-hydrogen) atoms. The molecule has 0 saturated carbocycles. The highest BCUT2D eigenvalue weighted by Crippen LogP contribution is 2.33. The molecule has 5 nitrogen and oxygen atoms in total. The summed E-state index contributed by atoms with van der Waals surface area (Å²) in [4.78, 5) is 4.63. The molecule has 2 bridgehead atoms. The normalized spacial score (nSPS) is 28.6. The molecule has 2 unspecified atom stereocenters. The Bertz CT molecular complexity index is 715. The smallest absolute Gasteiger partial charge is 0.227 e. The molecular weight excluding hydrogens is 290 g/mol. The highest BCUT2D eigenvalue weighted by molar-refractivity contribution is 5.59. The lowest BCUT2D eigenvalue weighted by molar-refractivity contribution is 0.270. The van der Waals surface area contributed by atoms with Crippen LogP contribution in [0.5, 0.6) is 5.75 Å². The molecule has 4 heterocycles. The molecule has 1 aromatic heterocycles. The van der Waals surface area contributed by atoms with Gasteiger partial charge in [0.25, 0.3) is 0 Å². The van der Waals surface area contributed by atoms with Crippen LogP contribution < -0.4 is 10.1 Å². The first-order valence-electron chi connectivity index (χ1n) is 8.68. The molecule has 1 aromatic carbocycles. The predicted octanol–water partition coefficient (Wildman–Crippen LogP) is 2.74. The van der Waals surface area contributed by atoms with E-state index in [1.54, 1.807) is 0 Å². The van der Waals surface area contributed by atoms with Gasteiger partial charge in [0.2, 0.25) is 11.7 Å². The minimum absolute atomic E-state index is 0.676. The Kier molecular flexibility index (Phi) is 3.14. The summed E-state index contributed by atoms with van der Waals surface area (Å²) >= 11 is 0. The Morgan fingerprint density at radius 1 is 1.17 bits per heavy atom. The second-order valence-corrected chi connectivity index (χ2v) is 7.11. The Labute approximate surface area is 135 Å². The fourth-order valence-electron chi connectivity index (χ4n) is 4.37. The number of hydrogen-bond donors (Lipinski definition) is 1. The van der Waals surface area contributed by atoms with Crippen LogP contribution in [0, 0.1) is 5.92 Å². The van der Waals surface area contributed by atoms with Gasteiger partial charge in [-0.1, -0.05) is 5.16 Å². The molecule has 2 saturated heterocycles. The lowest BCUT2D eigenvalue weighted by atomic mass is 9.90. The Balaban J connectivity index is 1.32. The van der Waals surface area contributed by atoms with E-state index in [-0.39, 0.29) is 0 Å². The van der Waals surface area contributed by atoms with Gasteiger partial charge in [0, 0.05) is 30.5 Å². The van der Waals surface area contributed by atoms with E-state index in [0.29, 0.717) is 23.8 Å². The van der Waals surface area contributed by atoms with Crippen LogP contribution in [-0.2, 0) is 12.8 Å². The summed E-state index contributed by atoms with van der Waals surface area (Å²) in [6.45, 7) is 0.772. The Morgan fingerprint density at radius 2 is 2.04 bits per heavy atom. The molecule has 2 fully saturated rings. The van der Waals surface area contributed by atoms with Crippen molar-refractivity contribution in [3.8, 4) is 17.1 Å². The molecule has 3 aliphatic rings. The maximum absolute atomic E-state index is 5.55. The summed E-state index contributed by atoms with van der Waals surface area (Å²) in [6, 6.07) is 7.57. The largest absolute Gasteiger partial charge is 0.493 e. The summed E-state index contributed by atoms with van der Waals surface area (Å²) in [5, 5.41) is 7.87. The third-order valence-corrected chi connectivity index (χ3v) is 5.45. The number of piperidine rings is 1. The van der Waals surface area contributed by atoms with Crippen LogP contribution in [0.25, 0.3) is 11.4 Å². The SMILES string of the molecule is c1cc2c(cc1-c1noc(CC3CC4CCC(C3)N4)n1)CCO2. The average Bonchev–Trinajstić information content (AvgIpc) is 3.27. The molecule has 2 aromatic rings. The van der Waals surface area contributed by atoms with Crippen molar-refractivity contribution in [2.75, 3.05) is 6.61 Å². The summed E-state index contributed by atoms with van der Waals surface area (Å²) in [6.07, 6.45) is 7.01. The number of nitrogens with zero attached hydrogens (tertiary/aromatic N) is 2. The van der Waals surface area contributed by atoms with Crippen molar-refractivity contribution >= 4 is 0 Å². The number of nitrogens with one attached hydrogen (secondary N) is 1. The monoisotopic (exact) mass is 311 g/mol. The van der Waals surface area contributed by atoms with Gasteiger partial charge in [0.15, 0.2) is 0 Å². The number of rotatable bonds is 3. The van der Waals surface area contributed by atoms with Gasteiger partial charge in [-0.05, 0) is 55.4 Å². The zero-order valence-corrected chi connectivity index (χ0v) is 13.1. The Morgan fingerprint density at radius 3 is 2.91 bits per heavy atom. The first-order chi connectivity index (χ1) is 11.3. The van der Waals surface area contributed by atoms with Crippen LogP contribution in [0.3, 0.4) is 0 Å². The van der Waals surface area contributed by atoms with E-state index in [0.717, 1.165) is 36.7 Å². The van der Waals surface area contributed by atoms with Crippen LogP contribution >= 0.6 is 0 Å². The molecule has 5 heteroatoms. The van der Waals surface area contributed by atoms with Crippen molar-refractivity contribution in [2.45, 2.75) is 50.6 Å². The minimum atomic E-state index is 0.676. The third-order valence-electron chi connectivity index (χ3n) is 5.45. The van der Waals surface area contributed by atoms with Gasteiger partial charge in [0.05, 0.1) is 6.61 Å². The predicted molar refractivity (Wildman–Crippen MR) is 85.3 cm³/mol. The van der Waals surface area contributed by atoms with Gasteiger partial charge in [-0.2, -0.15) is 4.98 Å². The van der Waals surface area contributed by atoms with E-state index in [2.05, 4.69) is 21.5 Å². The lowest BCUT2D eigenvalue weighted by Crippen LogP contribution is -2.38. The van der Waals surface area contributed by atoms with Crippen molar-refractivity contribution in [2.24, 2.45) is 5.92 Å². The molecule has 2 atom stereocenters. The van der Waals surface area contributed by atoms with Gasteiger partial charge in [-0.15, -0.1) is 0 Å². The fraction of sp³-hybridized carbons (Fsp3) is 0.556. The minimum Gasteiger partial charge on any atom is -0.493 e. The van der Waals surface area contributed by atoms with E-state index in [4.69, 9.17) is 9.26 Å². The summed E-state index contributed by atoms with van der Waals surface area (Å²) < 4.78 is 11.1. The van der Waals surface area contributed by atoms with E-state index in [1.807, 2.05) is 12.1 Å². The standard InChI is InChI=1S/C18H21N3O2/c1-4-16-12(5-6-22-16)10-13(1)18-20-17(23-21-18)9-11-7-14-2-3-15(8-11)19-14/h1,4,10-11,14-15,19H,2-3,5-9H2. The van der Waals surface area contributed by atoms with Gasteiger partial charge in [-0.3, -0.25) is 0 Å². The summed E-state index contributed by atoms with van der Waals surface area (Å²) in [7, 11) is 0. The second kappa shape index (κ2) is 5.34. The van der Waals surface area contributed by atoms with E-state index >= 15 is 0 Å². The number of ether oxygens (including phenoxy) is 1. The van der Waals surface area contributed by atoms with Crippen molar-refractivity contribution in [3.63, 3.8) is 0 Å². The van der Waals surface area contributed by atoms with Crippen molar-refractivity contribution in [1.82, 2.24) is 15.5 Å². The maximum Gasteiger partial charge on any atom is 0.227 e. The molecule has 0 spiro atoms. The van der Waals surface area contributed by atoms with Gasteiger partial charge in [0.1, 0.15) is 5.75 Å². The van der Waals surface area contributed by atoms with Gasteiger partial charge >= 0.3 is 0 Å². The number of hydrogen-bond acceptors (Lipinski definition) is 5. The average molecular weight is 311 g/mol. The highest BCUT2D eigenvalue weighted by atomic mass is 16.5. The summed E-state index contributed by atoms with van der Waals surface area (Å²) in [5.41, 5.74) is 2.26. The van der Waals surface area contributed by atoms with Crippen LogP contribution in [0.2, 0.25) is 0 Å². The van der Waals surface area contributed by atoms with Crippen LogP contribution in [0.1, 0.15) is 37.1 Å². The van der Waals surface area contributed by atoms with Crippen LogP contribution in [0.4, 0.5) is 0 Å². The number of aromatic nitrogens is 2. The maximum atomic E-state index is 5.55. The Hall–Kier alpha value is -1.88. The van der Waals surface area contributed by atoms with E-state index in [1.165, 1.54) is 31.2 Å². The van der Waals surface area contributed by atoms with Crippen LogP contribution in [-0.4, -0.2) is 28.8 Å². The molecule has 3 aliphatic heterocycles. The van der Waals surface area contributed by atoms with Gasteiger partial charge < -0.3 is 14.6 Å². The van der Waals surface area contributed by atoms with E-state index < -0.39 is 0 Å². The zero-order valence-electron chi connectivity index (χ0n) is 13.1. The number of fused-ring (bicyclic) bond motifs is 3. The summed E-state index contributed by atoms with van der Waals surface area (Å²) in [5.74, 6) is 3.15. The molecule has 1 N–H and O–H groups in total. The van der Waals surface area contributed by atoms with Crippen molar-refractivity contribution < 1.29 is 9.26 Å². The van der Waals surface area contributed by atoms with E-state index in [9.17, 15) is 0 Å². The first-order valence-corrected chi connectivity index (χ1v) is 8.68. The molecule has 0 aliphatic carbocycles. The first kappa shape index (κ1) is 13.5. The second-order valence-electron chi connectivity index (χ2n) is 7.11. The topological polar surface area (TPSA) is 60.2 Å². The molecule has 5 rings (SSSR count). The third kappa shape index (κ3) is 2.53. The molecule has 0 radical (unpaired) electrons. The molecular formula is C18H21N3O2. The van der Waals surface area contributed by atoms with Crippen LogP contribution in [0.15, 0.2) is 22.7 Å². The zero-order chi connectivity index (χ0) is 15.2. The molecule has 120 valence electrons. The van der Waals surface area contributed by atoms with Crippen molar-refractivity contribution in [1.29, 1.82) is 0 Å². The molecule has 0 amide bonds. The van der Waals surface area contributed by atoms with Crippen molar-refractivity contribution in [3.05, 3.63) is 29.7 Å². The highest BCUT2D eigenvalue weighted by Gasteiger charge is 2.34. The van der Waals surface area contributed by atoms with Gasteiger partial charge in [-0.25, -0.2) is 0 Å². The number of benzene rings is 1. The lowest BCUT2D eigenvalue weighted by Gasteiger charge is -2.27. The fourth-order valence-corrected chi connectivity index (χ4v) is 4.37. The quantitative estimate of drug-likeness (QED) is 0.944.